The van der Waals surface area contributed by atoms with E-state index in [9.17, 15) is 9.59 Å². The van der Waals surface area contributed by atoms with Crippen LogP contribution in [0.25, 0.3) is 11.4 Å². The molecule has 8 nitrogen and oxygen atoms in total. The van der Waals surface area contributed by atoms with E-state index >= 15 is 0 Å². The Morgan fingerprint density at radius 2 is 1.97 bits per heavy atom. The zero-order chi connectivity index (χ0) is 23.9. The van der Waals surface area contributed by atoms with E-state index in [1.54, 1.807) is 30.3 Å². The Hall–Kier alpha value is -3.23. The number of nitrogens with one attached hydrogen (secondary N) is 2. The molecule has 2 heterocycles. The molecule has 34 heavy (non-hydrogen) atoms. The molecule has 1 atom stereocenters. The Bertz CT molecular complexity index is 1130. The lowest BCUT2D eigenvalue weighted by molar-refractivity contribution is -0.121. The maximum absolute atomic E-state index is 13.0. The van der Waals surface area contributed by atoms with Gasteiger partial charge in [-0.1, -0.05) is 35.8 Å². The molecule has 4 rings (SSSR count). The smallest absolute Gasteiger partial charge is 0.253 e. The van der Waals surface area contributed by atoms with E-state index in [1.165, 1.54) is 0 Å². The summed E-state index contributed by atoms with van der Waals surface area (Å²) in [4.78, 5) is 32.1. The molecule has 1 saturated heterocycles. The van der Waals surface area contributed by atoms with Crippen LogP contribution in [0.3, 0.4) is 0 Å². The van der Waals surface area contributed by atoms with Gasteiger partial charge in [0.05, 0.1) is 23.7 Å². The average Bonchev–Trinajstić information content (AvgIpc) is 3.32. The second-order valence-electron chi connectivity index (χ2n) is 8.38. The highest BCUT2D eigenvalue weighted by Crippen LogP contribution is 2.23. The van der Waals surface area contributed by atoms with Crippen LogP contribution in [0.15, 0.2) is 53.1 Å². The molecule has 0 aliphatic carbocycles. The van der Waals surface area contributed by atoms with Gasteiger partial charge in [-0.05, 0) is 62.2 Å². The Morgan fingerprint density at radius 3 is 2.76 bits per heavy atom. The fourth-order valence-corrected chi connectivity index (χ4v) is 4.12. The van der Waals surface area contributed by atoms with Gasteiger partial charge in [-0.2, -0.15) is 4.98 Å². The third kappa shape index (κ3) is 6.01. The summed E-state index contributed by atoms with van der Waals surface area (Å²) >= 11 is 5.94. The monoisotopic (exact) mass is 481 g/mol. The zero-order valence-corrected chi connectivity index (χ0v) is 19.8. The predicted molar refractivity (Wildman–Crippen MR) is 130 cm³/mol. The molecule has 0 spiro atoms. The number of carbonyl (C=O) groups excluding carboxylic acids is 2. The summed E-state index contributed by atoms with van der Waals surface area (Å²) in [7, 11) is 0. The summed E-state index contributed by atoms with van der Waals surface area (Å²) in [6.45, 7) is 4.48. The van der Waals surface area contributed by atoms with Crippen molar-refractivity contribution in [2.24, 2.45) is 5.92 Å². The van der Waals surface area contributed by atoms with Gasteiger partial charge >= 0.3 is 0 Å². The van der Waals surface area contributed by atoms with E-state index in [0.29, 0.717) is 47.6 Å². The lowest BCUT2D eigenvalue weighted by Crippen LogP contribution is -2.40. The van der Waals surface area contributed by atoms with Gasteiger partial charge in [-0.3, -0.25) is 14.5 Å². The molecule has 1 unspecified atom stereocenters. The van der Waals surface area contributed by atoms with Gasteiger partial charge in [0.2, 0.25) is 17.6 Å². The van der Waals surface area contributed by atoms with Crippen molar-refractivity contribution in [1.82, 2.24) is 20.4 Å². The van der Waals surface area contributed by atoms with Crippen molar-refractivity contribution < 1.29 is 14.1 Å². The molecule has 178 valence electrons. The molecule has 3 aromatic rings. The highest BCUT2D eigenvalue weighted by Gasteiger charge is 2.27. The highest BCUT2D eigenvalue weighted by atomic mass is 35.5. The normalized spacial score (nSPS) is 16.2. The number of hydrogen-bond donors (Lipinski definition) is 2. The van der Waals surface area contributed by atoms with Crippen LogP contribution < -0.4 is 10.6 Å². The fourth-order valence-electron chi connectivity index (χ4n) is 4.00. The van der Waals surface area contributed by atoms with E-state index in [1.807, 2.05) is 25.1 Å². The zero-order valence-electron chi connectivity index (χ0n) is 19.1. The maximum Gasteiger partial charge on any atom is 0.253 e. The summed E-state index contributed by atoms with van der Waals surface area (Å²) in [5.41, 5.74) is 1.83. The van der Waals surface area contributed by atoms with Crippen LogP contribution in [0, 0.1) is 5.92 Å². The number of anilines is 1. The number of rotatable bonds is 8. The minimum Gasteiger partial charge on any atom is -0.352 e. The summed E-state index contributed by atoms with van der Waals surface area (Å²) in [6, 6.07) is 14.3. The Labute approximate surface area is 203 Å². The molecule has 1 aliphatic heterocycles. The quantitative estimate of drug-likeness (QED) is 0.495. The first-order valence-electron chi connectivity index (χ1n) is 11.5. The largest absolute Gasteiger partial charge is 0.352 e. The number of halogens is 1. The molecular formula is C25H28ClN5O3. The Balaban J connectivity index is 1.37. The van der Waals surface area contributed by atoms with Crippen molar-refractivity contribution in [3.8, 4) is 11.4 Å². The number of piperidine rings is 1. The molecule has 1 aromatic heterocycles. The number of likely N-dealkylation sites (tertiary alicyclic amines) is 1. The van der Waals surface area contributed by atoms with Crippen LogP contribution >= 0.6 is 11.6 Å². The third-order valence-electron chi connectivity index (χ3n) is 5.77. The van der Waals surface area contributed by atoms with Crippen LogP contribution in [0.1, 0.15) is 42.4 Å². The average molecular weight is 482 g/mol. The van der Waals surface area contributed by atoms with Crippen molar-refractivity contribution in [2.75, 3.05) is 25.0 Å². The van der Waals surface area contributed by atoms with Gasteiger partial charge in [0.15, 0.2) is 0 Å². The van der Waals surface area contributed by atoms with Crippen molar-refractivity contribution in [1.29, 1.82) is 0 Å². The summed E-state index contributed by atoms with van der Waals surface area (Å²) < 4.78 is 5.44. The molecule has 2 amide bonds. The number of hydrogen-bond acceptors (Lipinski definition) is 6. The van der Waals surface area contributed by atoms with Gasteiger partial charge in [0, 0.05) is 23.7 Å². The van der Waals surface area contributed by atoms with Gasteiger partial charge in [0.25, 0.3) is 5.91 Å². The minimum absolute atomic E-state index is 0.0900. The van der Waals surface area contributed by atoms with E-state index in [4.69, 9.17) is 16.1 Å². The SMILES string of the molecule is CCCNC(=O)c1ccccc1NC(=O)C1CCCN(Cc2nc(-c3ccc(Cl)cc3)no2)C1. The lowest BCUT2D eigenvalue weighted by atomic mass is 9.96. The van der Waals surface area contributed by atoms with Crippen molar-refractivity contribution in [2.45, 2.75) is 32.7 Å². The molecule has 0 bridgehead atoms. The van der Waals surface area contributed by atoms with E-state index in [-0.39, 0.29) is 17.7 Å². The van der Waals surface area contributed by atoms with Crippen molar-refractivity contribution in [3.63, 3.8) is 0 Å². The van der Waals surface area contributed by atoms with Crippen LogP contribution in [-0.4, -0.2) is 46.5 Å². The highest BCUT2D eigenvalue weighted by molar-refractivity contribution is 6.30. The lowest BCUT2D eigenvalue weighted by Gasteiger charge is -2.31. The van der Waals surface area contributed by atoms with Gasteiger partial charge < -0.3 is 15.2 Å². The van der Waals surface area contributed by atoms with Crippen molar-refractivity contribution >= 4 is 29.1 Å². The number of para-hydroxylation sites is 1. The summed E-state index contributed by atoms with van der Waals surface area (Å²) in [5.74, 6) is 0.544. The maximum atomic E-state index is 13.0. The minimum atomic E-state index is -0.195. The number of benzene rings is 2. The first-order valence-corrected chi connectivity index (χ1v) is 11.9. The summed E-state index contributed by atoms with van der Waals surface area (Å²) in [5, 5.41) is 10.5. The molecular weight excluding hydrogens is 454 g/mol. The Morgan fingerprint density at radius 1 is 1.18 bits per heavy atom. The van der Waals surface area contributed by atoms with Crippen LogP contribution in [0.2, 0.25) is 5.02 Å². The first kappa shape index (κ1) is 23.9. The molecule has 0 radical (unpaired) electrons. The predicted octanol–water partition coefficient (Wildman–Crippen LogP) is 4.38. The fraction of sp³-hybridized carbons (Fsp3) is 0.360. The molecule has 1 fully saturated rings. The molecule has 9 heteroatoms. The standard InChI is InChI=1S/C25H28ClN5O3/c1-2-13-27-25(33)20-7-3-4-8-21(20)28-24(32)18-6-5-14-31(15-18)16-22-29-23(30-34-22)17-9-11-19(26)12-10-17/h3-4,7-12,18H,2,5-6,13-16H2,1H3,(H,27,33)(H,28,32). The van der Waals surface area contributed by atoms with Crippen molar-refractivity contribution in [3.05, 3.63) is 65.0 Å². The number of carbonyl (C=O) groups is 2. The third-order valence-corrected chi connectivity index (χ3v) is 6.02. The van der Waals surface area contributed by atoms with Gasteiger partial charge in [0.1, 0.15) is 0 Å². The number of nitrogens with zero attached hydrogens (tertiary/aromatic N) is 3. The van der Waals surface area contributed by atoms with E-state index < -0.39 is 0 Å². The topological polar surface area (TPSA) is 100 Å². The van der Waals surface area contributed by atoms with Crippen LogP contribution in [-0.2, 0) is 11.3 Å². The second kappa shape index (κ2) is 11.3. The van der Waals surface area contributed by atoms with Crippen LogP contribution in [0.5, 0.6) is 0 Å². The number of amides is 2. The molecule has 2 aromatic carbocycles. The molecule has 2 N–H and O–H groups in total. The van der Waals surface area contributed by atoms with Crippen LogP contribution in [0.4, 0.5) is 5.69 Å². The first-order chi connectivity index (χ1) is 16.5. The van der Waals surface area contributed by atoms with Gasteiger partial charge in [-0.15, -0.1) is 0 Å². The molecule has 1 aliphatic rings. The van der Waals surface area contributed by atoms with Gasteiger partial charge in [-0.25, -0.2) is 0 Å². The molecule has 0 saturated carbocycles. The number of aromatic nitrogens is 2. The Kier molecular flexibility index (Phi) is 7.92. The van der Waals surface area contributed by atoms with E-state index in [2.05, 4.69) is 25.7 Å². The van der Waals surface area contributed by atoms with E-state index in [0.717, 1.165) is 31.4 Å². The second-order valence-corrected chi connectivity index (χ2v) is 8.82. The summed E-state index contributed by atoms with van der Waals surface area (Å²) in [6.07, 6.45) is 2.51.